The molecule has 3 fully saturated rings. The maximum atomic E-state index is 14.6. The van der Waals surface area contributed by atoms with Crippen LogP contribution in [-0.4, -0.2) is 64.6 Å². The molecule has 3 aliphatic rings. The zero-order chi connectivity index (χ0) is 26.7. The first-order valence-corrected chi connectivity index (χ1v) is 14.0. The number of piperidine rings is 1. The second-order valence-electron chi connectivity index (χ2n) is 11.6. The van der Waals surface area contributed by atoms with Gasteiger partial charge in [0.05, 0.1) is 0 Å². The van der Waals surface area contributed by atoms with Crippen LogP contribution in [0.1, 0.15) is 62.0 Å². The Balaban J connectivity index is 1.18. The minimum atomic E-state index is -2.86. The molecule has 0 amide bonds. The summed E-state index contributed by atoms with van der Waals surface area (Å²) in [6.07, 6.45) is 7.74. The van der Waals surface area contributed by atoms with Gasteiger partial charge >= 0.3 is 5.97 Å². The molecular formula is C30H38F3N3O2. The average molecular weight is 530 g/mol. The summed E-state index contributed by atoms with van der Waals surface area (Å²) in [6, 6.07) is 9.22. The monoisotopic (exact) mass is 529 g/mol. The fourth-order valence-corrected chi connectivity index (χ4v) is 6.43. The molecule has 2 saturated heterocycles. The number of nitrogens with zero attached hydrogens (tertiary/aromatic N) is 3. The number of hydrogen-bond donors (Lipinski definition) is 1. The summed E-state index contributed by atoms with van der Waals surface area (Å²) >= 11 is 0. The molecule has 38 heavy (non-hydrogen) atoms. The van der Waals surface area contributed by atoms with Gasteiger partial charge in [-0.05, 0) is 86.4 Å². The number of alkyl halides is 2. The topological polar surface area (TPSA) is 56.7 Å². The molecule has 5 rings (SSSR count). The number of pyridine rings is 1. The maximum absolute atomic E-state index is 14.6. The molecule has 0 bridgehead atoms. The quantitative estimate of drug-likeness (QED) is 0.400. The van der Waals surface area contributed by atoms with E-state index in [0.717, 1.165) is 50.9 Å². The van der Waals surface area contributed by atoms with Crippen molar-refractivity contribution in [3.05, 3.63) is 65.7 Å². The van der Waals surface area contributed by atoms with Gasteiger partial charge in [-0.25, -0.2) is 13.2 Å². The van der Waals surface area contributed by atoms with E-state index in [9.17, 15) is 23.1 Å². The Kier molecular flexibility index (Phi) is 8.38. The summed E-state index contributed by atoms with van der Waals surface area (Å²) in [5.74, 6) is -2.85. The maximum Gasteiger partial charge on any atom is 0.320 e. The van der Waals surface area contributed by atoms with E-state index >= 15 is 0 Å². The second kappa shape index (κ2) is 11.7. The third-order valence-electron chi connectivity index (χ3n) is 8.88. The van der Waals surface area contributed by atoms with Crippen LogP contribution in [0.4, 0.5) is 13.2 Å². The molecule has 2 aromatic rings. The highest BCUT2D eigenvalue weighted by Crippen LogP contribution is 2.40. The Morgan fingerprint density at radius 3 is 2.53 bits per heavy atom. The van der Waals surface area contributed by atoms with Crippen molar-refractivity contribution < 1.29 is 23.1 Å². The zero-order valence-electron chi connectivity index (χ0n) is 21.8. The molecule has 0 spiro atoms. The van der Waals surface area contributed by atoms with Crippen molar-refractivity contribution in [3.63, 3.8) is 0 Å². The fourth-order valence-electron chi connectivity index (χ4n) is 6.43. The lowest BCUT2D eigenvalue weighted by atomic mass is 9.86. The third-order valence-corrected chi connectivity index (χ3v) is 8.88. The SMILES string of the molecule is O=C(O)[C@@H](CC1CC1)N1CC(CN2CCC(CCC(F)(F)c3cccnc3)CC2)[C@@H](c2cccc(F)c2)C1. The van der Waals surface area contributed by atoms with Crippen molar-refractivity contribution in [2.45, 2.75) is 62.8 Å². The van der Waals surface area contributed by atoms with E-state index in [-0.39, 0.29) is 35.6 Å². The van der Waals surface area contributed by atoms with Crippen LogP contribution < -0.4 is 0 Å². The lowest BCUT2D eigenvalue weighted by Crippen LogP contribution is -2.42. The number of carboxylic acids is 1. The molecule has 1 unspecified atom stereocenters. The van der Waals surface area contributed by atoms with Crippen molar-refractivity contribution >= 4 is 5.97 Å². The molecule has 1 aromatic heterocycles. The smallest absolute Gasteiger partial charge is 0.320 e. The highest BCUT2D eigenvalue weighted by Gasteiger charge is 2.42. The minimum Gasteiger partial charge on any atom is -0.480 e. The lowest BCUT2D eigenvalue weighted by Gasteiger charge is -2.35. The number of aliphatic carboxylic acids is 1. The van der Waals surface area contributed by atoms with Crippen LogP contribution in [-0.2, 0) is 10.7 Å². The molecule has 1 aliphatic carbocycles. The summed E-state index contributed by atoms with van der Waals surface area (Å²) in [7, 11) is 0. The van der Waals surface area contributed by atoms with Gasteiger partial charge < -0.3 is 10.0 Å². The van der Waals surface area contributed by atoms with Gasteiger partial charge in [-0.3, -0.25) is 14.7 Å². The Morgan fingerprint density at radius 2 is 1.87 bits per heavy atom. The van der Waals surface area contributed by atoms with Crippen molar-refractivity contribution in [1.82, 2.24) is 14.8 Å². The van der Waals surface area contributed by atoms with Crippen molar-refractivity contribution in [1.29, 1.82) is 0 Å². The zero-order valence-corrected chi connectivity index (χ0v) is 21.8. The molecule has 2 aliphatic heterocycles. The normalized spacial score (nSPS) is 24.5. The van der Waals surface area contributed by atoms with E-state index in [1.807, 2.05) is 6.07 Å². The van der Waals surface area contributed by atoms with Gasteiger partial charge in [0.1, 0.15) is 11.9 Å². The Bertz CT molecular complexity index is 1070. The number of hydrogen-bond acceptors (Lipinski definition) is 4. The summed E-state index contributed by atoms with van der Waals surface area (Å²) in [5, 5.41) is 9.96. The van der Waals surface area contributed by atoms with Crippen LogP contribution in [0.5, 0.6) is 0 Å². The van der Waals surface area contributed by atoms with Gasteiger partial charge in [-0.1, -0.05) is 25.0 Å². The van der Waals surface area contributed by atoms with Crippen LogP contribution in [0.2, 0.25) is 0 Å². The van der Waals surface area contributed by atoms with Crippen molar-refractivity contribution in [2.24, 2.45) is 17.8 Å². The number of aromatic nitrogens is 1. The van der Waals surface area contributed by atoms with E-state index in [2.05, 4.69) is 14.8 Å². The molecule has 1 aromatic carbocycles. The molecular weight excluding hydrogens is 491 g/mol. The number of carboxylic acid groups (broad SMARTS) is 1. The van der Waals surface area contributed by atoms with E-state index < -0.39 is 17.9 Å². The first kappa shape index (κ1) is 27.1. The first-order valence-electron chi connectivity index (χ1n) is 14.0. The Labute approximate surface area is 223 Å². The van der Waals surface area contributed by atoms with Crippen LogP contribution in [0.3, 0.4) is 0 Å². The summed E-state index contributed by atoms with van der Waals surface area (Å²) in [6.45, 7) is 3.81. The Hall–Kier alpha value is -2.45. The highest BCUT2D eigenvalue weighted by atomic mass is 19.3. The standard InChI is InChI=1S/C30H38F3N3O2/c31-26-5-1-3-23(16-26)27-20-36(28(29(37)38)15-22-6-7-22)19-24(27)18-35-13-9-21(10-14-35)8-11-30(32,33)25-4-2-12-34-17-25/h1-5,12,16-17,21-22,24,27-28H,6-11,13-15,18-20H2,(H,37,38)/t24?,27-,28-/m1/s1. The van der Waals surface area contributed by atoms with E-state index in [4.69, 9.17) is 0 Å². The lowest BCUT2D eigenvalue weighted by molar-refractivity contribution is -0.143. The fraction of sp³-hybridized carbons (Fsp3) is 0.600. The van der Waals surface area contributed by atoms with Gasteiger partial charge in [0.2, 0.25) is 0 Å². The van der Waals surface area contributed by atoms with Crippen LogP contribution in [0.25, 0.3) is 0 Å². The molecule has 3 heterocycles. The largest absolute Gasteiger partial charge is 0.480 e. The summed E-state index contributed by atoms with van der Waals surface area (Å²) in [5.41, 5.74) is 0.911. The van der Waals surface area contributed by atoms with E-state index in [0.29, 0.717) is 31.8 Å². The molecule has 0 radical (unpaired) electrons. The number of halogens is 3. The predicted octanol–water partition coefficient (Wildman–Crippen LogP) is 5.77. The van der Waals surface area contributed by atoms with Gasteiger partial charge in [0.15, 0.2) is 0 Å². The predicted molar refractivity (Wildman–Crippen MR) is 139 cm³/mol. The van der Waals surface area contributed by atoms with E-state index in [1.165, 1.54) is 24.5 Å². The first-order chi connectivity index (χ1) is 18.3. The second-order valence-corrected chi connectivity index (χ2v) is 11.6. The van der Waals surface area contributed by atoms with Crippen molar-refractivity contribution in [3.8, 4) is 0 Å². The number of benzene rings is 1. The van der Waals surface area contributed by atoms with E-state index in [1.54, 1.807) is 18.2 Å². The molecule has 3 atom stereocenters. The average Bonchev–Trinajstić information content (AvgIpc) is 3.65. The highest BCUT2D eigenvalue weighted by molar-refractivity contribution is 5.73. The Morgan fingerprint density at radius 1 is 1.08 bits per heavy atom. The van der Waals surface area contributed by atoms with Crippen LogP contribution >= 0.6 is 0 Å². The van der Waals surface area contributed by atoms with Gasteiger partial charge in [0, 0.05) is 49.9 Å². The van der Waals surface area contributed by atoms with Crippen molar-refractivity contribution in [2.75, 3.05) is 32.7 Å². The molecule has 206 valence electrons. The molecule has 5 nitrogen and oxygen atoms in total. The molecule has 1 saturated carbocycles. The summed E-state index contributed by atoms with van der Waals surface area (Å²) < 4.78 is 43.3. The number of likely N-dealkylation sites (tertiary alicyclic amines) is 2. The third kappa shape index (κ3) is 6.75. The van der Waals surface area contributed by atoms with Gasteiger partial charge in [-0.15, -0.1) is 0 Å². The van der Waals surface area contributed by atoms with Crippen LogP contribution in [0, 0.1) is 23.6 Å². The molecule has 1 N–H and O–H groups in total. The number of carbonyl (C=O) groups is 1. The molecule has 8 heteroatoms. The minimum absolute atomic E-state index is 0.0204. The van der Waals surface area contributed by atoms with Gasteiger partial charge in [0.25, 0.3) is 5.92 Å². The van der Waals surface area contributed by atoms with Crippen LogP contribution in [0.15, 0.2) is 48.8 Å². The number of rotatable bonds is 11. The summed E-state index contributed by atoms with van der Waals surface area (Å²) in [4.78, 5) is 20.5. The van der Waals surface area contributed by atoms with Gasteiger partial charge in [-0.2, -0.15) is 0 Å².